The van der Waals surface area contributed by atoms with E-state index in [0.717, 1.165) is 0 Å². The molecule has 0 radical (unpaired) electrons. The Balaban J connectivity index is 4.35. The number of aliphatic hydroxyl groups is 1. The lowest BCUT2D eigenvalue weighted by molar-refractivity contribution is -0.161. The van der Waals surface area contributed by atoms with E-state index < -0.39 is 25.2 Å². The molecule has 0 atom stereocenters. The normalized spacial score (nSPS) is 12.6. The van der Waals surface area contributed by atoms with Crippen molar-refractivity contribution in [2.75, 3.05) is 26.2 Å². The summed E-state index contributed by atoms with van der Waals surface area (Å²) in [5.74, 6) is -0.675. The molecule has 0 aromatic carbocycles. The van der Waals surface area contributed by atoms with Crippen LogP contribution in [0.1, 0.15) is 20.8 Å². The number of hydrogen-bond acceptors (Lipinski definition) is 3. The van der Waals surface area contributed by atoms with Crippen LogP contribution in [-0.2, 0) is 4.79 Å². The highest BCUT2D eigenvalue weighted by atomic mass is 19.4. The molecule has 0 aromatic heterocycles. The van der Waals surface area contributed by atoms with Gasteiger partial charge in [0.2, 0.25) is 5.91 Å². The third-order valence-electron chi connectivity index (χ3n) is 1.86. The molecule has 4 nitrogen and oxygen atoms in total. The van der Waals surface area contributed by atoms with Crippen molar-refractivity contribution in [2.45, 2.75) is 32.5 Å². The first kappa shape index (κ1) is 16.2. The molecule has 0 bridgehead atoms. The number of aliphatic hydroxyl groups excluding tert-OH is 1. The van der Waals surface area contributed by atoms with Gasteiger partial charge in [-0.1, -0.05) is 0 Å². The summed E-state index contributed by atoms with van der Waals surface area (Å²) in [6.45, 7) is 3.10. The van der Waals surface area contributed by atoms with Gasteiger partial charge in [-0.05, 0) is 20.8 Å². The summed E-state index contributed by atoms with van der Waals surface area (Å²) in [5, 5.41) is 11.4. The molecule has 0 aliphatic carbocycles. The molecule has 0 saturated heterocycles. The topological polar surface area (TPSA) is 52.6 Å². The van der Waals surface area contributed by atoms with Crippen LogP contribution in [0.2, 0.25) is 0 Å². The van der Waals surface area contributed by atoms with Crippen molar-refractivity contribution in [3.05, 3.63) is 0 Å². The van der Waals surface area contributed by atoms with Crippen LogP contribution >= 0.6 is 0 Å². The van der Waals surface area contributed by atoms with E-state index in [2.05, 4.69) is 5.32 Å². The molecule has 7 heteroatoms. The van der Waals surface area contributed by atoms with Crippen LogP contribution in [-0.4, -0.2) is 53.9 Å². The van der Waals surface area contributed by atoms with E-state index in [-0.39, 0.29) is 18.6 Å². The Morgan fingerprint density at radius 1 is 1.29 bits per heavy atom. The van der Waals surface area contributed by atoms with Crippen molar-refractivity contribution < 1.29 is 23.1 Å². The predicted octanol–water partition coefficient (Wildman–Crippen LogP) is 0.758. The monoisotopic (exact) mass is 256 g/mol. The summed E-state index contributed by atoms with van der Waals surface area (Å²) in [5.41, 5.74) is -0.348. The third-order valence-corrected chi connectivity index (χ3v) is 1.86. The van der Waals surface area contributed by atoms with E-state index in [1.165, 1.54) is 0 Å². The number of rotatable bonds is 5. The largest absolute Gasteiger partial charge is 0.406 e. The first-order valence-corrected chi connectivity index (χ1v) is 5.25. The van der Waals surface area contributed by atoms with Crippen molar-refractivity contribution >= 4 is 5.91 Å². The molecule has 0 rings (SSSR count). The van der Waals surface area contributed by atoms with Crippen LogP contribution in [0.25, 0.3) is 0 Å². The smallest absolute Gasteiger partial charge is 0.395 e. The van der Waals surface area contributed by atoms with Crippen LogP contribution < -0.4 is 5.32 Å². The predicted molar refractivity (Wildman–Crippen MR) is 57.5 cm³/mol. The van der Waals surface area contributed by atoms with Crippen molar-refractivity contribution in [2.24, 2.45) is 0 Å². The number of hydrogen-bond donors (Lipinski definition) is 2. The summed E-state index contributed by atoms with van der Waals surface area (Å²) < 4.78 is 36.5. The highest BCUT2D eigenvalue weighted by Crippen LogP contribution is 2.16. The van der Waals surface area contributed by atoms with Crippen molar-refractivity contribution in [3.8, 4) is 0 Å². The Labute approximate surface area is 98.8 Å². The van der Waals surface area contributed by atoms with Gasteiger partial charge in [0.05, 0.1) is 13.2 Å². The fraction of sp³-hybridized carbons (Fsp3) is 0.900. The molecule has 1 amide bonds. The Morgan fingerprint density at radius 3 is 2.18 bits per heavy atom. The Bertz CT molecular complexity index is 249. The number of carbonyl (C=O) groups excluding carboxylic acids is 1. The maximum absolute atomic E-state index is 12.2. The van der Waals surface area contributed by atoms with Gasteiger partial charge in [-0.2, -0.15) is 13.2 Å². The van der Waals surface area contributed by atoms with Crippen LogP contribution in [0.3, 0.4) is 0 Å². The molecular weight excluding hydrogens is 237 g/mol. The maximum atomic E-state index is 12.2. The Kier molecular flexibility index (Phi) is 5.91. The fourth-order valence-electron chi connectivity index (χ4n) is 1.08. The molecule has 17 heavy (non-hydrogen) atoms. The highest BCUT2D eigenvalue weighted by Gasteiger charge is 2.32. The second-order valence-corrected chi connectivity index (χ2v) is 4.76. The quantitative estimate of drug-likeness (QED) is 0.763. The van der Waals surface area contributed by atoms with Crippen molar-refractivity contribution in [1.82, 2.24) is 10.2 Å². The van der Waals surface area contributed by atoms with Crippen LogP contribution in [0.15, 0.2) is 0 Å². The molecular formula is C10H19F3N2O2. The lowest BCUT2D eigenvalue weighted by Crippen LogP contribution is -2.48. The number of nitrogens with zero attached hydrogens (tertiary/aromatic N) is 1. The van der Waals surface area contributed by atoms with E-state index in [1.807, 2.05) is 0 Å². The standard InChI is InChI=1S/C10H19F3N2O2/c1-9(2,3)14-6-8(17)15(4-5-16)7-10(11,12)13/h14,16H,4-7H2,1-3H3. The first-order valence-electron chi connectivity index (χ1n) is 5.25. The van der Waals surface area contributed by atoms with Crippen LogP contribution in [0, 0.1) is 0 Å². The third kappa shape index (κ3) is 8.93. The second kappa shape index (κ2) is 6.20. The molecule has 0 heterocycles. The van der Waals surface area contributed by atoms with Crippen molar-refractivity contribution in [1.29, 1.82) is 0 Å². The molecule has 0 unspecified atom stereocenters. The SMILES string of the molecule is CC(C)(C)NCC(=O)N(CCO)CC(F)(F)F. The Hall–Kier alpha value is -0.820. The van der Waals surface area contributed by atoms with Gasteiger partial charge in [0.1, 0.15) is 6.54 Å². The summed E-state index contributed by atoms with van der Waals surface area (Å²) in [6, 6.07) is 0. The zero-order chi connectivity index (χ0) is 13.7. The van der Waals surface area contributed by atoms with Gasteiger partial charge in [0, 0.05) is 12.1 Å². The van der Waals surface area contributed by atoms with E-state index in [1.54, 1.807) is 20.8 Å². The lowest BCUT2D eigenvalue weighted by atomic mass is 10.1. The van der Waals surface area contributed by atoms with Gasteiger partial charge < -0.3 is 15.3 Å². The summed E-state index contributed by atoms with van der Waals surface area (Å²) in [4.78, 5) is 12.1. The van der Waals surface area contributed by atoms with Gasteiger partial charge in [-0.15, -0.1) is 0 Å². The first-order chi connectivity index (χ1) is 7.55. The fourth-order valence-corrected chi connectivity index (χ4v) is 1.08. The minimum absolute atomic E-state index is 0.181. The maximum Gasteiger partial charge on any atom is 0.406 e. The van der Waals surface area contributed by atoms with Gasteiger partial charge in [0.15, 0.2) is 0 Å². The lowest BCUT2D eigenvalue weighted by Gasteiger charge is -2.26. The van der Waals surface area contributed by atoms with Crippen molar-refractivity contribution in [3.63, 3.8) is 0 Å². The number of carbonyl (C=O) groups is 1. The zero-order valence-corrected chi connectivity index (χ0v) is 10.3. The van der Waals surface area contributed by atoms with Gasteiger partial charge in [-0.25, -0.2) is 0 Å². The number of amides is 1. The molecule has 0 aliphatic heterocycles. The van der Waals surface area contributed by atoms with Crippen LogP contribution in [0.5, 0.6) is 0 Å². The molecule has 0 spiro atoms. The molecule has 0 saturated carbocycles. The van der Waals surface area contributed by atoms with E-state index >= 15 is 0 Å². The van der Waals surface area contributed by atoms with E-state index in [0.29, 0.717) is 4.90 Å². The molecule has 2 N–H and O–H groups in total. The summed E-state index contributed by atoms with van der Waals surface area (Å²) in [7, 11) is 0. The minimum atomic E-state index is -4.45. The Morgan fingerprint density at radius 2 is 1.82 bits per heavy atom. The molecule has 0 aromatic rings. The summed E-state index contributed by atoms with van der Waals surface area (Å²) in [6.07, 6.45) is -4.45. The number of halogens is 3. The average molecular weight is 256 g/mol. The van der Waals surface area contributed by atoms with Gasteiger partial charge in [0.25, 0.3) is 0 Å². The van der Waals surface area contributed by atoms with E-state index in [4.69, 9.17) is 5.11 Å². The summed E-state index contributed by atoms with van der Waals surface area (Å²) >= 11 is 0. The minimum Gasteiger partial charge on any atom is -0.395 e. The molecule has 102 valence electrons. The number of alkyl halides is 3. The average Bonchev–Trinajstić information content (AvgIpc) is 2.10. The highest BCUT2D eigenvalue weighted by molar-refractivity contribution is 5.78. The van der Waals surface area contributed by atoms with Crippen LogP contribution in [0.4, 0.5) is 13.2 Å². The van der Waals surface area contributed by atoms with Gasteiger partial charge in [-0.3, -0.25) is 4.79 Å². The number of nitrogens with one attached hydrogen (secondary N) is 1. The van der Waals surface area contributed by atoms with E-state index in [9.17, 15) is 18.0 Å². The second-order valence-electron chi connectivity index (χ2n) is 4.76. The van der Waals surface area contributed by atoms with Gasteiger partial charge >= 0.3 is 6.18 Å². The molecule has 0 aliphatic rings. The zero-order valence-electron chi connectivity index (χ0n) is 10.3. The molecule has 0 fully saturated rings.